The number of carbonyl (C=O) groups is 4. The summed E-state index contributed by atoms with van der Waals surface area (Å²) in [6, 6.07) is 2.09. The highest BCUT2D eigenvalue weighted by atomic mass is 16.6. The molecule has 0 bridgehead atoms. The Labute approximate surface area is 185 Å². The minimum absolute atomic E-state index is 0.0158. The predicted octanol–water partition coefficient (Wildman–Crippen LogP) is 0.196. The van der Waals surface area contributed by atoms with E-state index in [2.05, 4.69) is 15.4 Å². The van der Waals surface area contributed by atoms with Gasteiger partial charge in [0.05, 0.1) is 6.42 Å². The molecule has 2 heterocycles. The molecule has 174 valence electrons. The molecule has 0 aliphatic carbocycles. The Morgan fingerprint density at radius 3 is 2.59 bits per heavy atom. The molecular weight excluding hydrogens is 418 g/mol. The molecule has 4 N–H and O–H groups in total. The van der Waals surface area contributed by atoms with Crippen LogP contribution in [0.15, 0.2) is 18.2 Å². The molecule has 4 atom stereocenters. The van der Waals surface area contributed by atoms with Crippen LogP contribution in [-0.2, 0) is 19.1 Å². The number of amides is 3. The third-order valence-electron chi connectivity index (χ3n) is 5.92. The van der Waals surface area contributed by atoms with E-state index in [4.69, 9.17) is 0 Å². The molecule has 2 aliphatic rings. The van der Waals surface area contributed by atoms with E-state index in [1.54, 1.807) is 32.9 Å². The Hall–Kier alpha value is -3.14. The number of carbonyl (C=O) groups excluding carboxylic acids is 4. The van der Waals surface area contributed by atoms with Crippen LogP contribution < -0.4 is 10.6 Å². The van der Waals surface area contributed by atoms with Gasteiger partial charge in [0.2, 0.25) is 18.1 Å². The average Bonchev–Trinajstić information content (AvgIpc) is 3.33. The largest absolute Gasteiger partial charge is 0.508 e. The number of nitrogens with zero attached hydrogens (tertiary/aromatic N) is 1. The highest BCUT2D eigenvalue weighted by Crippen LogP contribution is 2.23. The highest BCUT2D eigenvalue weighted by Gasteiger charge is 2.41. The lowest BCUT2D eigenvalue weighted by atomic mass is 10.0. The smallest absolute Gasteiger partial charge is 0.310 e. The fourth-order valence-corrected chi connectivity index (χ4v) is 4.03. The van der Waals surface area contributed by atoms with Crippen LogP contribution in [-0.4, -0.2) is 69.8 Å². The molecule has 3 amide bonds. The van der Waals surface area contributed by atoms with Crippen molar-refractivity contribution in [3.05, 3.63) is 29.3 Å². The van der Waals surface area contributed by atoms with Gasteiger partial charge in [-0.15, -0.1) is 0 Å². The summed E-state index contributed by atoms with van der Waals surface area (Å²) in [4.78, 5) is 51.7. The maximum Gasteiger partial charge on any atom is 0.310 e. The predicted molar refractivity (Wildman–Crippen MR) is 112 cm³/mol. The summed E-state index contributed by atoms with van der Waals surface area (Å²) in [6.07, 6.45) is -0.511. The van der Waals surface area contributed by atoms with E-state index in [1.807, 2.05) is 0 Å². The Morgan fingerprint density at radius 1 is 1.25 bits per heavy atom. The van der Waals surface area contributed by atoms with Gasteiger partial charge in [-0.1, -0.05) is 19.9 Å². The second-order valence-corrected chi connectivity index (χ2v) is 8.53. The van der Waals surface area contributed by atoms with E-state index in [-0.39, 0.29) is 29.6 Å². The summed E-state index contributed by atoms with van der Waals surface area (Å²) < 4.78 is 4.64. The molecule has 2 fully saturated rings. The van der Waals surface area contributed by atoms with Crippen molar-refractivity contribution < 1.29 is 34.1 Å². The van der Waals surface area contributed by atoms with Gasteiger partial charge in [0.1, 0.15) is 23.9 Å². The summed E-state index contributed by atoms with van der Waals surface area (Å²) in [7, 11) is 0. The first-order valence-corrected chi connectivity index (χ1v) is 10.7. The zero-order valence-corrected chi connectivity index (χ0v) is 18.3. The number of hydrogen-bond donors (Lipinski definition) is 4. The summed E-state index contributed by atoms with van der Waals surface area (Å²) in [5.74, 6) is -2.23. The number of aliphatic hydroxyl groups is 1. The molecule has 0 aromatic heterocycles. The van der Waals surface area contributed by atoms with E-state index in [9.17, 15) is 29.4 Å². The molecule has 2 aliphatic heterocycles. The first-order chi connectivity index (χ1) is 15.1. The van der Waals surface area contributed by atoms with Crippen molar-refractivity contribution >= 4 is 23.7 Å². The second-order valence-electron chi connectivity index (χ2n) is 8.53. The van der Waals surface area contributed by atoms with Gasteiger partial charge in [0.15, 0.2) is 0 Å². The Balaban J connectivity index is 1.72. The maximum absolute atomic E-state index is 13.3. The molecule has 0 radical (unpaired) electrons. The molecule has 1 aromatic carbocycles. The third-order valence-corrected chi connectivity index (χ3v) is 5.92. The zero-order valence-electron chi connectivity index (χ0n) is 18.3. The number of ether oxygens (including phenoxy) is 1. The average molecular weight is 447 g/mol. The summed E-state index contributed by atoms with van der Waals surface area (Å²) in [5, 5.41) is 24.9. The molecule has 10 heteroatoms. The highest BCUT2D eigenvalue weighted by molar-refractivity contribution is 6.00. The van der Waals surface area contributed by atoms with Crippen molar-refractivity contribution in [2.45, 2.75) is 64.4 Å². The number of hydrogen-bond acceptors (Lipinski definition) is 7. The Bertz CT molecular complexity index is 917. The Morgan fingerprint density at radius 2 is 1.97 bits per heavy atom. The van der Waals surface area contributed by atoms with Crippen molar-refractivity contribution in [1.29, 1.82) is 0 Å². The number of aromatic hydroxyl groups is 1. The normalized spacial score (nSPS) is 23.7. The fraction of sp³-hybridized carbons (Fsp3) is 0.545. The van der Waals surface area contributed by atoms with Crippen LogP contribution in [0.2, 0.25) is 0 Å². The van der Waals surface area contributed by atoms with Crippen LogP contribution in [0, 0.1) is 12.8 Å². The number of benzene rings is 1. The van der Waals surface area contributed by atoms with Gasteiger partial charge in [-0.25, -0.2) is 0 Å². The van der Waals surface area contributed by atoms with Gasteiger partial charge in [0.25, 0.3) is 5.91 Å². The van der Waals surface area contributed by atoms with E-state index >= 15 is 0 Å². The molecule has 1 aromatic rings. The van der Waals surface area contributed by atoms with Crippen molar-refractivity contribution in [2.24, 2.45) is 5.92 Å². The summed E-state index contributed by atoms with van der Waals surface area (Å²) >= 11 is 0. The monoisotopic (exact) mass is 447 g/mol. The first kappa shape index (κ1) is 23.5. The van der Waals surface area contributed by atoms with Gasteiger partial charge < -0.3 is 30.5 Å². The third kappa shape index (κ3) is 4.85. The quantitative estimate of drug-likeness (QED) is 0.456. The molecule has 0 unspecified atom stereocenters. The van der Waals surface area contributed by atoms with Gasteiger partial charge in [-0.05, 0) is 37.8 Å². The van der Waals surface area contributed by atoms with E-state index < -0.39 is 42.2 Å². The van der Waals surface area contributed by atoms with Crippen LogP contribution in [0.5, 0.6) is 5.75 Å². The number of phenolic OH excluding ortho intramolecular Hbond substituents is 1. The van der Waals surface area contributed by atoms with Crippen LogP contribution in [0.1, 0.15) is 49.0 Å². The van der Waals surface area contributed by atoms with E-state index in [0.29, 0.717) is 24.9 Å². The molecule has 0 spiro atoms. The number of phenols is 1. The first-order valence-electron chi connectivity index (χ1n) is 10.7. The topological polar surface area (TPSA) is 145 Å². The van der Waals surface area contributed by atoms with E-state index in [1.165, 1.54) is 11.0 Å². The van der Waals surface area contributed by atoms with Gasteiger partial charge in [0, 0.05) is 17.7 Å². The minimum atomic E-state index is -1.41. The Kier molecular flexibility index (Phi) is 7.02. The molecular formula is C22H29N3O7. The van der Waals surface area contributed by atoms with Crippen LogP contribution in [0.3, 0.4) is 0 Å². The standard InChI is InChI=1S/C22H29N3O7/c1-11(2)18(24-19(28)13-6-4-8-16(26)12(13)3)21(30)25-9-5-7-15(25)20(29)23-14-10-17(27)32-22(14)31/h4,6,8,11,14-15,18,22,26,31H,5,7,9-10H2,1-3H3,(H,23,29)(H,24,28)/t14-,15-,18-,22+/m0/s1. The van der Waals surface area contributed by atoms with E-state index in [0.717, 1.165) is 0 Å². The SMILES string of the molecule is Cc1c(O)cccc1C(=O)N[C@H](C(=O)N1CCC[C@H]1C(=O)N[C@H]1CC(=O)O[C@H]1O)C(C)C. The number of aliphatic hydroxyl groups excluding tert-OH is 1. The van der Waals surface area contributed by atoms with Gasteiger partial charge >= 0.3 is 5.97 Å². The number of esters is 1. The van der Waals surface area contributed by atoms with Gasteiger partial charge in [-0.3, -0.25) is 19.2 Å². The van der Waals surface area contributed by atoms with Crippen molar-refractivity contribution in [3.63, 3.8) is 0 Å². The van der Waals surface area contributed by atoms with Crippen molar-refractivity contribution in [3.8, 4) is 5.75 Å². The van der Waals surface area contributed by atoms with Crippen molar-refractivity contribution in [2.75, 3.05) is 6.54 Å². The van der Waals surface area contributed by atoms with Crippen molar-refractivity contribution in [1.82, 2.24) is 15.5 Å². The number of cyclic esters (lactones) is 1. The molecule has 32 heavy (non-hydrogen) atoms. The lowest BCUT2D eigenvalue weighted by Crippen LogP contribution is -2.56. The zero-order chi connectivity index (χ0) is 23.6. The molecule has 10 nitrogen and oxygen atoms in total. The van der Waals surface area contributed by atoms with Crippen LogP contribution in [0.25, 0.3) is 0 Å². The number of likely N-dealkylation sites (tertiary alicyclic amines) is 1. The fourth-order valence-electron chi connectivity index (χ4n) is 4.03. The molecule has 2 saturated heterocycles. The second kappa shape index (κ2) is 9.56. The molecule has 0 saturated carbocycles. The summed E-state index contributed by atoms with van der Waals surface area (Å²) in [5.41, 5.74) is 0.671. The molecule has 3 rings (SSSR count). The maximum atomic E-state index is 13.3. The lowest BCUT2D eigenvalue weighted by Gasteiger charge is -2.31. The van der Waals surface area contributed by atoms with Gasteiger partial charge in [-0.2, -0.15) is 0 Å². The minimum Gasteiger partial charge on any atom is -0.508 e. The van der Waals surface area contributed by atoms with Crippen LogP contribution >= 0.6 is 0 Å². The number of rotatable bonds is 6. The number of nitrogens with one attached hydrogen (secondary N) is 2. The summed E-state index contributed by atoms with van der Waals surface area (Å²) in [6.45, 7) is 5.55. The van der Waals surface area contributed by atoms with Crippen LogP contribution in [0.4, 0.5) is 0 Å². The lowest BCUT2D eigenvalue weighted by molar-refractivity contribution is -0.155.